The Morgan fingerprint density at radius 2 is 2.07 bits per heavy atom. The molecule has 3 heterocycles. The van der Waals surface area contributed by atoms with Gasteiger partial charge >= 0.3 is 5.97 Å². The van der Waals surface area contributed by atoms with E-state index in [0.29, 0.717) is 12.8 Å². The molecule has 0 aromatic heterocycles. The second kappa shape index (κ2) is 7.81. The molecular weight excluding hydrogens is 444 g/mol. The van der Waals surface area contributed by atoms with Gasteiger partial charge in [-0.1, -0.05) is 22.9 Å². The summed E-state index contributed by atoms with van der Waals surface area (Å²) in [7, 11) is 0. The summed E-state index contributed by atoms with van der Waals surface area (Å²) >= 11 is 3.59. The van der Waals surface area contributed by atoms with Crippen LogP contribution in [0.5, 0.6) is 0 Å². The lowest BCUT2D eigenvalue weighted by atomic mass is 9.70. The molecule has 1 spiro atoms. The number of fused-ring (bicyclic) bond motifs is 1. The van der Waals surface area contributed by atoms with E-state index in [2.05, 4.69) is 21.2 Å². The molecule has 7 atom stereocenters. The quantitative estimate of drug-likeness (QED) is 0.439. The Kier molecular flexibility index (Phi) is 6.06. The van der Waals surface area contributed by atoms with E-state index in [1.54, 1.807) is 6.92 Å². The average Bonchev–Trinajstić information content (AvgIpc) is 3.19. The molecule has 0 aromatic rings. The Labute approximate surface area is 179 Å². The van der Waals surface area contributed by atoms with Crippen LogP contribution < -0.4 is 5.32 Å². The minimum atomic E-state index is -1.12. The number of nitrogens with zero attached hydrogens (tertiary/aromatic N) is 1. The predicted molar refractivity (Wildman–Crippen MR) is 108 cm³/mol. The Morgan fingerprint density at radius 1 is 1.41 bits per heavy atom. The fourth-order valence-corrected chi connectivity index (χ4v) is 6.06. The summed E-state index contributed by atoms with van der Waals surface area (Å²) in [5.41, 5.74) is -1.63. The number of rotatable bonds is 6. The number of aliphatic hydroxyl groups excluding tert-OH is 1. The molecule has 3 aliphatic rings. The maximum atomic E-state index is 13.6. The maximum absolute atomic E-state index is 13.6. The minimum absolute atomic E-state index is 0.167. The number of aliphatic hydroxyl groups is 1. The molecule has 3 aliphatic heterocycles. The molecule has 0 saturated carbocycles. The van der Waals surface area contributed by atoms with Crippen LogP contribution in [0.2, 0.25) is 0 Å². The molecule has 8 nitrogen and oxygen atoms in total. The van der Waals surface area contributed by atoms with E-state index >= 15 is 0 Å². The number of amides is 2. The highest BCUT2D eigenvalue weighted by Gasteiger charge is 2.77. The highest BCUT2D eigenvalue weighted by Crippen LogP contribution is 2.60. The highest BCUT2D eigenvalue weighted by molar-refractivity contribution is 9.09. The number of hydrogen-bond acceptors (Lipinski definition) is 6. The molecule has 3 saturated heterocycles. The first-order valence-corrected chi connectivity index (χ1v) is 11.2. The van der Waals surface area contributed by atoms with Crippen molar-refractivity contribution in [3.8, 4) is 0 Å². The van der Waals surface area contributed by atoms with Crippen molar-refractivity contribution in [2.45, 2.75) is 81.6 Å². The van der Waals surface area contributed by atoms with Gasteiger partial charge in [0, 0.05) is 10.4 Å². The SMILES string of the molecule is CCOC(=O)[C@@H]1[C@H]2O[C@@]3(CC2Br)[C@H](C(=O)NC(C)(C)C)N([C@@H](CC)CO)C(=O)[C@@H]13. The minimum Gasteiger partial charge on any atom is -0.466 e. The van der Waals surface area contributed by atoms with Gasteiger partial charge < -0.3 is 24.8 Å². The lowest BCUT2D eigenvalue weighted by Crippen LogP contribution is -2.60. The number of hydrogen-bond donors (Lipinski definition) is 2. The van der Waals surface area contributed by atoms with Gasteiger partial charge in [-0.25, -0.2) is 0 Å². The number of esters is 1. The van der Waals surface area contributed by atoms with Gasteiger partial charge in [-0.15, -0.1) is 0 Å². The molecule has 29 heavy (non-hydrogen) atoms. The van der Waals surface area contributed by atoms with Crippen LogP contribution in [0.15, 0.2) is 0 Å². The summed E-state index contributed by atoms with van der Waals surface area (Å²) in [6, 6.07) is -1.45. The second-order valence-corrected chi connectivity index (χ2v) is 10.3. The van der Waals surface area contributed by atoms with Gasteiger partial charge in [0.1, 0.15) is 11.6 Å². The normalized spacial score (nSPS) is 36.9. The first kappa shape index (κ1) is 22.5. The van der Waals surface area contributed by atoms with E-state index in [1.807, 2.05) is 27.7 Å². The first-order valence-electron chi connectivity index (χ1n) is 10.3. The van der Waals surface area contributed by atoms with Crippen LogP contribution >= 0.6 is 15.9 Å². The lowest BCUT2D eigenvalue weighted by molar-refractivity contribution is -0.155. The van der Waals surface area contributed by atoms with Crippen molar-refractivity contribution in [1.29, 1.82) is 0 Å². The number of carbonyl (C=O) groups is 3. The summed E-state index contributed by atoms with van der Waals surface area (Å²) in [6.45, 7) is 9.11. The summed E-state index contributed by atoms with van der Waals surface area (Å²) in [5, 5.41) is 12.9. The standard InChI is InChI=1S/C20H31BrN2O6/c1-6-10(9-24)23-15(16(25)22-19(3,4)5)20-8-11(21)14(29-20)12(13(20)17(23)26)18(27)28-7-2/h10-15,24H,6-9H2,1-5H3,(H,22,25)/t10-,11?,12-,13+,14-,15-,20+/m0/s1. The molecule has 3 fully saturated rings. The van der Waals surface area contributed by atoms with Crippen molar-refractivity contribution >= 4 is 33.7 Å². The van der Waals surface area contributed by atoms with Crippen LogP contribution in [-0.4, -0.2) is 75.2 Å². The van der Waals surface area contributed by atoms with E-state index in [1.165, 1.54) is 4.90 Å². The van der Waals surface area contributed by atoms with Gasteiger partial charge in [-0.05, 0) is 40.5 Å². The number of halogens is 1. The third kappa shape index (κ3) is 3.49. The zero-order valence-electron chi connectivity index (χ0n) is 17.6. The van der Waals surface area contributed by atoms with Crippen molar-refractivity contribution in [1.82, 2.24) is 10.2 Å². The van der Waals surface area contributed by atoms with Gasteiger partial charge in [0.25, 0.3) is 0 Å². The molecule has 3 rings (SSSR count). The molecule has 0 aliphatic carbocycles. The fourth-order valence-electron chi connectivity index (χ4n) is 5.12. The van der Waals surface area contributed by atoms with Crippen LogP contribution in [-0.2, 0) is 23.9 Å². The third-order valence-corrected chi connectivity index (χ3v) is 6.95. The Morgan fingerprint density at radius 3 is 2.59 bits per heavy atom. The predicted octanol–water partition coefficient (Wildman–Crippen LogP) is 0.983. The smallest absolute Gasteiger partial charge is 0.312 e. The van der Waals surface area contributed by atoms with Crippen LogP contribution in [0.25, 0.3) is 0 Å². The van der Waals surface area contributed by atoms with E-state index in [4.69, 9.17) is 9.47 Å². The lowest BCUT2D eigenvalue weighted by Gasteiger charge is -2.38. The zero-order chi connectivity index (χ0) is 21.7. The molecule has 164 valence electrons. The van der Waals surface area contributed by atoms with Crippen molar-refractivity contribution in [2.75, 3.05) is 13.2 Å². The summed E-state index contributed by atoms with van der Waals surface area (Å²) in [6.07, 6.45) is 0.393. The summed E-state index contributed by atoms with van der Waals surface area (Å²) < 4.78 is 11.6. The number of ether oxygens (including phenoxy) is 2. The molecule has 2 bridgehead atoms. The molecule has 2 N–H and O–H groups in total. The topological polar surface area (TPSA) is 105 Å². The largest absolute Gasteiger partial charge is 0.466 e. The van der Waals surface area contributed by atoms with Crippen molar-refractivity contribution in [3.63, 3.8) is 0 Å². The monoisotopic (exact) mass is 474 g/mol. The third-order valence-electron chi connectivity index (χ3n) is 6.11. The van der Waals surface area contributed by atoms with Crippen LogP contribution in [0.4, 0.5) is 0 Å². The van der Waals surface area contributed by atoms with Gasteiger partial charge in [-0.3, -0.25) is 14.4 Å². The van der Waals surface area contributed by atoms with Crippen molar-refractivity contribution in [3.05, 3.63) is 0 Å². The second-order valence-electron chi connectivity index (χ2n) is 9.14. The van der Waals surface area contributed by atoms with Gasteiger partial charge in [0.15, 0.2) is 0 Å². The van der Waals surface area contributed by atoms with Crippen LogP contribution in [0.1, 0.15) is 47.5 Å². The first-order chi connectivity index (χ1) is 13.5. The zero-order valence-corrected chi connectivity index (χ0v) is 19.2. The molecule has 0 aromatic carbocycles. The Bertz CT molecular complexity index is 691. The Balaban J connectivity index is 2.08. The van der Waals surface area contributed by atoms with E-state index in [9.17, 15) is 19.5 Å². The maximum Gasteiger partial charge on any atom is 0.312 e. The summed E-state index contributed by atoms with van der Waals surface area (Å²) in [5.74, 6) is -2.69. The van der Waals surface area contributed by atoms with Crippen molar-refractivity contribution < 1.29 is 29.0 Å². The van der Waals surface area contributed by atoms with Crippen LogP contribution in [0.3, 0.4) is 0 Å². The summed E-state index contributed by atoms with van der Waals surface area (Å²) in [4.78, 5) is 41.0. The fraction of sp³-hybridized carbons (Fsp3) is 0.850. The van der Waals surface area contributed by atoms with E-state index < -0.39 is 47.1 Å². The van der Waals surface area contributed by atoms with Gasteiger partial charge in [0.2, 0.25) is 11.8 Å². The van der Waals surface area contributed by atoms with Crippen LogP contribution in [0, 0.1) is 11.8 Å². The molecule has 2 amide bonds. The van der Waals surface area contributed by atoms with E-state index in [-0.39, 0.29) is 29.9 Å². The highest BCUT2D eigenvalue weighted by atomic mass is 79.9. The van der Waals surface area contributed by atoms with Gasteiger partial charge in [-0.2, -0.15) is 0 Å². The molecule has 0 radical (unpaired) electrons. The average molecular weight is 475 g/mol. The molecular formula is C20H31BrN2O6. The Hall–Kier alpha value is -1.19. The number of nitrogens with one attached hydrogen (secondary N) is 1. The number of carbonyl (C=O) groups excluding carboxylic acids is 3. The number of likely N-dealkylation sites (tertiary alicyclic amines) is 1. The number of alkyl halides is 1. The van der Waals surface area contributed by atoms with Gasteiger partial charge in [0.05, 0.1) is 37.2 Å². The van der Waals surface area contributed by atoms with Crippen molar-refractivity contribution in [2.24, 2.45) is 11.8 Å². The van der Waals surface area contributed by atoms with E-state index in [0.717, 1.165) is 0 Å². The molecule has 1 unspecified atom stereocenters. The molecule has 9 heteroatoms.